The minimum atomic E-state index is -0.0818. The van der Waals surface area contributed by atoms with Gasteiger partial charge in [-0.1, -0.05) is 11.2 Å². The van der Waals surface area contributed by atoms with Crippen LogP contribution in [-0.4, -0.2) is 28.0 Å². The van der Waals surface area contributed by atoms with Gasteiger partial charge in [0, 0.05) is 24.4 Å². The number of carbonyl (C=O) groups is 1. The van der Waals surface area contributed by atoms with E-state index in [9.17, 15) is 4.79 Å². The molecule has 1 amide bonds. The number of hydrogen-bond acceptors (Lipinski definition) is 6. The number of fused-ring (bicyclic) bond motifs is 1. The number of nitrogens with zero attached hydrogens (tertiary/aromatic N) is 3. The van der Waals surface area contributed by atoms with Crippen molar-refractivity contribution >= 4 is 28.6 Å². The van der Waals surface area contributed by atoms with Gasteiger partial charge < -0.3 is 9.42 Å². The van der Waals surface area contributed by atoms with Crippen LogP contribution in [0.3, 0.4) is 0 Å². The number of carbonyl (C=O) groups excluding carboxylic acids is 1. The van der Waals surface area contributed by atoms with Crippen LogP contribution in [0.2, 0.25) is 0 Å². The first-order valence-corrected chi connectivity index (χ1v) is 9.69. The average molecular weight is 359 g/mol. The fourth-order valence-electron chi connectivity index (χ4n) is 2.95. The maximum absolute atomic E-state index is 12.6. The van der Waals surface area contributed by atoms with E-state index in [1.807, 2.05) is 22.9 Å². The Balaban J connectivity index is 1.49. The molecule has 7 heteroatoms. The first-order chi connectivity index (χ1) is 11.7. The Hall–Kier alpha value is -1.99. The molecule has 1 aliphatic rings. The smallest absolute Gasteiger partial charge is 0.273 e. The van der Waals surface area contributed by atoms with Crippen LogP contribution in [0, 0.1) is 0 Å². The first-order valence-electron chi connectivity index (χ1n) is 7.93. The van der Waals surface area contributed by atoms with Gasteiger partial charge in [0.2, 0.25) is 0 Å². The van der Waals surface area contributed by atoms with Crippen molar-refractivity contribution in [2.24, 2.45) is 0 Å². The molecular weight excluding hydrogens is 342 g/mol. The van der Waals surface area contributed by atoms with Crippen LogP contribution in [0.15, 0.2) is 27.4 Å². The van der Waals surface area contributed by atoms with Crippen LogP contribution < -0.4 is 0 Å². The summed E-state index contributed by atoms with van der Waals surface area (Å²) < 4.78 is 5.43. The van der Waals surface area contributed by atoms with Crippen molar-refractivity contribution in [1.82, 2.24) is 15.0 Å². The van der Waals surface area contributed by atoms with Crippen molar-refractivity contribution in [3.05, 3.63) is 45.6 Å². The molecule has 0 saturated heterocycles. The summed E-state index contributed by atoms with van der Waals surface area (Å²) in [6.45, 7) is 0.462. The van der Waals surface area contributed by atoms with E-state index >= 15 is 0 Å². The van der Waals surface area contributed by atoms with Crippen LogP contribution in [0.1, 0.15) is 40.3 Å². The van der Waals surface area contributed by atoms with Crippen LogP contribution in [0.25, 0.3) is 9.88 Å². The molecule has 0 spiro atoms. The lowest BCUT2D eigenvalue weighted by molar-refractivity contribution is 0.0777. The number of amides is 1. The Bertz CT molecular complexity index is 851. The van der Waals surface area contributed by atoms with E-state index in [0.29, 0.717) is 12.2 Å². The summed E-state index contributed by atoms with van der Waals surface area (Å²) in [7, 11) is 1.79. The molecule has 4 rings (SSSR count). The topological polar surface area (TPSA) is 59.2 Å². The maximum atomic E-state index is 12.6. The van der Waals surface area contributed by atoms with Gasteiger partial charge in [-0.05, 0) is 30.7 Å². The molecule has 0 bridgehead atoms. The highest BCUT2D eigenvalue weighted by atomic mass is 32.1. The fourth-order valence-corrected chi connectivity index (χ4v) is 4.56. The Kier molecular flexibility index (Phi) is 4.20. The quantitative estimate of drug-likeness (QED) is 0.706. The molecule has 5 nitrogen and oxygen atoms in total. The van der Waals surface area contributed by atoms with Crippen molar-refractivity contribution < 1.29 is 9.32 Å². The number of thiazole rings is 1. The van der Waals surface area contributed by atoms with Gasteiger partial charge in [0.25, 0.3) is 5.91 Å². The zero-order chi connectivity index (χ0) is 16.5. The molecule has 0 unspecified atom stereocenters. The summed E-state index contributed by atoms with van der Waals surface area (Å²) in [6.07, 6.45) is 4.27. The van der Waals surface area contributed by atoms with Crippen molar-refractivity contribution in [3.63, 3.8) is 0 Å². The van der Waals surface area contributed by atoms with Crippen LogP contribution in [0.5, 0.6) is 0 Å². The molecular formula is C17H17N3O2S2. The fraction of sp³-hybridized carbons (Fsp3) is 0.353. The highest BCUT2D eigenvalue weighted by Gasteiger charge is 2.23. The number of rotatable bonds is 4. The van der Waals surface area contributed by atoms with Crippen molar-refractivity contribution in [3.8, 4) is 9.88 Å². The van der Waals surface area contributed by atoms with Gasteiger partial charge in [-0.15, -0.1) is 22.7 Å². The van der Waals surface area contributed by atoms with Crippen molar-refractivity contribution in [2.45, 2.75) is 32.2 Å². The molecule has 0 N–H and O–H groups in total. The van der Waals surface area contributed by atoms with Crippen LogP contribution in [0.4, 0.5) is 0 Å². The minimum absolute atomic E-state index is 0.0818. The second-order valence-corrected chi connectivity index (χ2v) is 7.72. The summed E-state index contributed by atoms with van der Waals surface area (Å²) >= 11 is 3.13. The third-order valence-corrected chi connectivity index (χ3v) is 6.10. The highest BCUT2D eigenvalue weighted by molar-refractivity contribution is 7.20. The molecule has 1 aliphatic carbocycles. The third kappa shape index (κ3) is 2.89. The Morgan fingerprint density at radius 2 is 2.21 bits per heavy atom. The summed E-state index contributed by atoms with van der Waals surface area (Å²) in [5.74, 6) is 0.910. The van der Waals surface area contributed by atoms with E-state index in [-0.39, 0.29) is 5.91 Å². The molecule has 3 aromatic heterocycles. The lowest BCUT2D eigenvalue weighted by Gasteiger charge is -2.16. The number of aryl methyl sites for hydroxylation is 1. The number of aromatic nitrogens is 2. The zero-order valence-corrected chi connectivity index (χ0v) is 15.0. The second kappa shape index (κ2) is 6.49. The molecule has 3 heterocycles. The van der Waals surface area contributed by atoms with Gasteiger partial charge >= 0.3 is 0 Å². The average Bonchev–Trinajstić information content (AvgIpc) is 3.34. The molecule has 0 aromatic carbocycles. The predicted molar refractivity (Wildman–Crippen MR) is 94.4 cm³/mol. The van der Waals surface area contributed by atoms with Gasteiger partial charge in [-0.25, -0.2) is 4.98 Å². The summed E-state index contributed by atoms with van der Waals surface area (Å²) in [6, 6.07) is 4.01. The molecule has 0 aliphatic heterocycles. The van der Waals surface area contributed by atoms with E-state index in [4.69, 9.17) is 4.52 Å². The maximum Gasteiger partial charge on any atom is 0.273 e. The van der Waals surface area contributed by atoms with E-state index in [2.05, 4.69) is 10.1 Å². The normalized spacial score (nSPS) is 13.7. The van der Waals surface area contributed by atoms with E-state index in [1.165, 1.54) is 16.9 Å². The number of thiophene rings is 1. The standard InChI is InChI=1S/C17H17N3O2S2/c1-20(9-12-11-5-2-3-6-14(11)22-19-12)17(21)13-10-24-16(18-13)15-7-4-8-23-15/h4,7-8,10H,2-3,5-6,9H2,1H3. The first kappa shape index (κ1) is 15.5. The predicted octanol–water partition coefficient (Wildman–Crippen LogP) is 4.01. The molecule has 3 aromatic rings. The number of hydrogen-bond donors (Lipinski definition) is 0. The largest absolute Gasteiger partial charge is 0.361 e. The van der Waals surface area contributed by atoms with Gasteiger partial charge in [-0.2, -0.15) is 0 Å². The molecule has 0 atom stereocenters. The zero-order valence-electron chi connectivity index (χ0n) is 13.3. The summed E-state index contributed by atoms with van der Waals surface area (Å²) in [5, 5.41) is 8.90. The van der Waals surface area contributed by atoms with Crippen molar-refractivity contribution in [2.75, 3.05) is 7.05 Å². The Morgan fingerprint density at radius 3 is 3.04 bits per heavy atom. The lowest BCUT2D eigenvalue weighted by Crippen LogP contribution is -2.27. The van der Waals surface area contributed by atoms with Gasteiger partial charge in [0.15, 0.2) is 0 Å². The highest BCUT2D eigenvalue weighted by Crippen LogP contribution is 2.29. The SMILES string of the molecule is CN(Cc1noc2c1CCCC2)C(=O)c1csc(-c2cccs2)n1. The van der Waals surface area contributed by atoms with Gasteiger partial charge in [-0.3, -0.25) is 4.79 Å². The van der Waals surface area contributed by atoms with Crippen LogP contribution >= 0.6 is 22.7 Å². The van der Waals surface area contributed by atoms with Gasteiger partial charge in [0.05, 0.1) is 11.4 Å². The Labute approximate surface area is 147 Å². The Morgan fingerprint density at radius 1 is 1.33 bits per heavy atom. The molecule has 24 heavy (non-hydrogen) atoms. The molecule has 124 valence electrons. The molecule has 0 radical (unpaired) electrons. The van der Waals surface area contributed by atoms with E-state index in [1.54, 1.807) is 23.3 Å². The minimum Gasteiger partial charge on any atom is -0.361 e. The molecule has 0 saturated carbocycles. The van der Waals surface area contributed by atoms with Gasteiger partial charge in [0.1, 0.15) is 22.2 Å². The lowest BCUT2D eigenvalue weighted by atomic mass is 9.96. The van der Waals surface area contributed by atoms with E-state index in [0.717, 1.165) is 47.0 Å². The molecule has 0 fully saturated rings. The third-order valence-electron chi connectivity index (χ3n) is 4.22. The monoisotopic (exact) mass is 359 g/mol. The van der Waals surface area contributed by atoms with E-state index < -0.39 is 0 Å². The van der Waals surface area contributed by atoms with Crippen LogP contribution in [-0.2, 0) is 19.4 Å². The van der Waals surface area contributed by atoms with Crippen molar-refractivity contribution in [1.29, 1.82) is 0 Å². The summed E-state index contributed by atoms with van der Waals surface area (Å²) in [4.78, 5) is 19.9. The summed E-state index contributed by atoms with van der Waals surface area (Å²) in [5.41, 5.74) is 2.57. The second-order valence-electron chi connectivity index (χ2n) is 5.91.